The van der Waals surface area contributed by atoms with Crippen LogP contribution in [-0.2, 0) is 4.74 Å². The first-order valence-corrected chi connectivity index (χ1v) is 5.94. The van der Waals surface area contributed by atoms with E-state index in [0.717, 1.165) is 5.56 Å². The minimum atomic E-state index is -0.366. The van der Waals surface area contributed by atoms with Gasteiger partial charge in [-0.05, 0) is 32.0 Å². The van der Waals surface area contributed by atoms with Crippen LogP contribution in [0.25, 0.3) is 0 Å². The van der Waals surface area contributed by atoms with Crippen molar-refractivity contribution in [1.29, 1.82) is 0 Å². The van der Waals surface area contributed by atoms with E-state index in [1.165, 1.54) is 0 Å². The van der Waals surface area contributed by atoms with Crippen molar-refractivity contribution >= 4 is 5.97 Å². The monoisotopic (exact) mass is 252 g/mol. The lowest BCUT2D eigenvalue weighted by Gasteiger charge is -2.15. The second-order valence-corrected chi connectivity index (χ2v) is 3.86. The summed E-state index contributed by atoms with van der Waals surface area (Å²) >= 11 is 0. The zero-order valence-electron chi connectivity index (χ0n) is 10.8. The molecule has 100 valence electrons. The summed E-state index contributed by atoms with van der Waals surface area (Å²) in [5.41, 5.74) is 12.8. The lowest BCUT2D eigenvalue weighted by atomic mass is 10.0. The summed E-state index contributed by atoms with van der Waals surface area (Å²) in [6, 6.07) is 4.92. The molecule has 18 heavy (non-hydrogen) atoms. The molecule has 4 N–H and O–H groups in total. The van der Waals surface area contributed by atoms with Gasteiger partial charge in [-0.25, -0.2) is 4.79 Å². The molecule has 1 aromatic rings. The lowest BCUT2D eigenvalue weighted by molar-refractivity contribution is 0.0526. The number of esters is 1. The number of hydrogen-bond acceptors (Lipinski definition) is 5. The minimum absolute atomic E-state index is 0.193. The summed E-state index contributed by atoms with van der Waals surface area (Å²) in [4.78, 5) is 11.6. The highest BCUT2D eigenvalue weighted by molar-refractivity contribution is 5.90. The predicted octanol–water partition coefficient (Wildman–Crippen LogP) is 1.22. The van der Waals surface area contributed by atoms with Crippen molar-refractivity contribution in [2.45, 2.75) is 19.4 Å². The summed E-state index contributed by atoms with van der Waals surface area (Å²) in [6.45, 7) is 2.61. The van der Waals surface area contributed by atoms with E-state index in [9.17, 15) is 4.79 Å². The number of ether oxygens (including phenoxy) is 2. The van der Waals surface area contributed by atoms with Crippen molar-refractivity contribution in [2.24, 2.45) is 11.5 Å². The van der Waals surface area contributed by atoms with E-state index in [0.29, 0.717) is 30.9 Å². The molecule has 1 unspecified atom stereocenters. The molecule has 0 radical (unpaired) electrons. The fraction of sp³-hybridized carbons (Fsp3) is 0.462. The number of benzene rings is 1. The molecular formula is C13H20N2O3. The quantitative estimate of drug-likeness (QED) is 0.743. The van der Waals surface area contributed by atoms with Crippen molar-refractivity contribution in [3.8, 4) is 5.75 Å². The third-order valence-electron chi connectivity index (χ3n) is 2.62. The molecule has 1 aromatic carbocycles. The first-order valence-electron chi connectivity index (χ1n) is 5.94. The van der Waals surface area contributed by atoms with Gasteiger partial charge in [-0.2, -0.15) is 0 Å². The molecule has 0 spiro atoms. The molecule has 5 heteroatoms. The molecule has 0 aliphatic rings. The number of nitrogens with two attached hydrogens (primary N) is 2. The molecule has 0 bridgehead atoms. The van der Waals surface area contributed by atoms with Gasteiger partial charge < -0.3 is 20.9 Å². The largest absolute Gasteiger partial charge is 0.496 e. The van der Waals surface area contributed by atoms with Gasteiger partial charge in [-0.15, -0.1) is 0 Å². The van der Waals surface area contributed by atoms with Crippen LogP contribution in [0.15, 0.2) is 18.2 Å². The van der Waals surface area contributed by atoms with Gasteiger partial charge >= 0.3 is 5.97 Å². The van der Waals surface area contributed by atoms with Crippen LogP contribution in [0.3, 0.4) is 0 Å². The molecule has 0 saturated heterocycles. The third-order valence-corrected chi connectivity index (χ3v) is 2.62. The van der Waals surface area contributed by atoms with E-state index in [1.807, 2.05) is 0 Å². The Hall–Kier alpha value is -1.59. The molecule has 0 saturated carbocycles. The van der Waals surface area contributed by atoms with E-state index in [-0.39, 0.29) is 12.0 Å². The highest BCUT2D eigenvalue weighted by Gasteiger charge is 2.15. The molecule has 0 heterocycles. The third kappa shape index (κ3) is 3.45. The van der Waals surface area contributed by atoms with Crippen LogP contribution < -0.4 is 16.2 Å². The average molecular weight is 252 g/mol. The second kappa shape index (κ2) is 6.98. The maximum Gasteiger partial charge on any atom is 0.338 e. The van der Waals surface area contributed by atoms with Crippen LogP contribution in [0, 0.1) is 0 Å². The fourth-order valence-corrected chi connectivity index (χ4v) is 1.69. The summed E-state index contributed by atoms with van der Waals surface area (Å²) in [6.07, 6.45) is 0.662. The molecular weight excluding hydrogens is 232 g/mol. The van der Waals surface area contributed by atoms with E-state index in [4.69, 9.17) is 20.9 Å². The number of hydrogen-bond donors (Lipinski definition) is 2. The van der Waals surface area contributed by atoms with Crippen molar-refractivity contribution in [3.63, 3.8) is 0 Å². The van der Waals surface area contributed by atoms with Gasteiger partial charge in [-0.3, -0.25) is 0 Å². The zero-order valence-corrected chi connectivity index (χ0v) is 10.8. The highest BCUT2D eigenvalue weighted by atomic mass is 16.5. The second-order valence-electron chi connectivity index (χ2n) is 3.86. The van der Waals surface area contributed by atoms with E-state index < -0.39 is 0 Å². The molecule has 0 fully saturated rings. The number of carbonyl (C=O) groups is 1. The normalized spacial score (nSPS) is 12.0. The molecule has 5 nitrogen and oxygen atoms in total. The Bertz CT molecular complexity index is 407. The molecule has 0 aliphatic carbocycles. The minimum Gasteiger partial charge on any atom is -0.496 e. The standard InChI is InChI=1S/C13H20N2O3/c1-3-18-13(16)9-4-5-10(11(15)6-7-14)12(8-9)17-2/h4-5,8,11H,3,6-7,14-15H2,1-2H3. The van der Waals surface area contributed by atoms with Crippen LogP contribution in [0.2, 0.25) is 0 Å². The zero-order chi connectivity index (χ0) is 13.5. The maximum absolute atomic E-state index is 11.6. The van der Waals surface area contributed by atoms with Gasteiger partial charge in [0, 0.05) is 11.6 Å². The van der Waals surface area contributed by atoms with Crippen LogP contribution in [-0.4, -0.2) is 26.2 Å². The Labute approximate surface area is 107 Å². The fourth-order valence-electron chi connectivity index (χ4n) is 1.69. The Morgan fingerprint density at radius 1 is 1.44 bits per heavy atom. The van der Waals surface area contributed by atoms with Crippen molar-refractivity contribution in [3.05, 3.63) is 29.3 Å². The molecule has 1 atom stereocenters. The number of methoxy groups -OCH3 is 1. The average Bonchev–Trinajstić information content (AvgIpc) is 2.38. The van der Waals surface area contributed by atoms with Crippen molar-refractivity contribution in [1.82, 2.24) is 0 Å². The topological polar surface area (TPSA) is 87.6 Å². The van der Waals surface area contributed by atoms with Crippen LogP contribution in [0.4, 0.5) is 0 Å². The first kappa shape index (κ1) is 14.5. The van der Waals surface area contributed by atoms with E-state index in [2.05, 4.69) is 0 Å². The SMILES string of the molecule is CCOC(=O)c1ccc(C(N)CCN)c(OC)c1. The van der Waals surface area contributed by atoms with Gasteiger partial charge in [0.2, 0.25) is 0 Å². The highest BCUT2D eigenvalue weighted by Crippen LogP contribution is 2.27. The van der Waals surface area contributed by atoms with E-state index in [1.54, 1.807) is 32.2 Å². The summed E-state index contributed by atoms with van der Waals surface area (Å²) < 4.78 is 10.2. The maximum atomic E-state index is 11.6. The predicted molar refractivity (Wildman–Crippen MR) is 69.6 cm³/mol. The summed E-state index contributed by atoms with van der Waals surface area (Å²) in [7, 11) is 1.54. The van der Waals surface area contributed by atoms with Gasteiger partial charge in [-0.1, -0.05) is 6.07 Å². The first-order chi connectivity index (χ1) is 8.63. The van der Waals surface area contributed by atoms with Gasteiger partial charge in [0.05, 0.1) is 19.3 Å². The Kier molecular flexibility index (Phi) is 5.61. The Morgan fingerprint density at radius 3 is 2.72 bits per heavy atom. The smallest absolute Gasteiger partial charge is 0.338 e. The molecule has 0 aliphatic heterocycles. The van der Waals surface area contributed by atoms with Crippen LogP contribution >= 0.6 is 0 Å². The van der Waals surface area contributed by atoms with Crippen molar-refractivity contribution in [2.75, 3.05) is 20.3 Å². The van der Waals surface area contributed by atoms with Crippen molar-refractivity contribution < 1.29 is 14.3 Å². The summed E-state index contributed by atoms with van der Waals surface area (Å²) in [5.74, 6) is 0.219. The lowest BCUT2D eigenvalue weighted by Crippen LogP contribution is -2.16. The molecule has 0 amide bonds. The Balaban J connectivity index is 2.99. The van der Waals surface area contributed by atoms with Crippen LogP contribution in [0.5, 0.6) is 5.75 Å². The Morgan fingerprint density at radius 2 is 2.17 bits per heavy atom. The molecule has 0 aromatic heterocycles. The van der Waals surface area contributed by atoms with Gasteiger partial charge in [0.15, 0.2) is 0 Å². The van der Waals surface area contributed by atoms with Crippen LogP contribution in [0.1, 0.15) is 35.3 Å². The van der Waals surface area contributed by atoms with E-state index >= 15 is 0 Å². The van der Waals surface area contributed by atoms with Gasteiger partial charge in [0.25, 0.3) is 0 Å². The number of rotatable bonds is 6. The summed E-state index contributed by atoms with van der Waals surface area (Å²) in [5, 5.41) is 0. The number of carbonyl (C=O) groups excluding carboxylic acids is 1. The molecule has 1 rings (SSSR count). The van der Waals surface area contributed by atoms with Gasteiger partial charge in [0.1, 0.15) is 5.75 Å².